The molecular weight excluding hydrogens is 170 g/mol. The summed E-state index contributed by atoms with van der Waals surface area (Å²) >= 11 is 5.79. The van der Waals surface area contributed by atoms with E-state index in [2.05, 4.69) is 11.1 Å². The number of hydrogen-bond donors (Lipinski definition) is 0. The van der Waals surface area contributed by atoms with E-state index < -0.39 is 0 Å². The van der Waals surface area contributed by atoms with Crippen molar-refractivity contribution in [1.82, 2.24) is 4.98 Å². The van der Waals surface area contributed by atoms with E-state index in [4.69, 9.17) is 11.6 Å². The molecule has 0 radical (unpaired) electrons. The molecule has 1 aromatic heterocycles. The van der Waals surface area contributed by atoms with Gasteiger partial charge in [-0.25, -0.2) is 0 Å². The van der Waals surface area contributed by atoms with Crippen LogP contribution in [0.15, 0.2) is 6.07 Å². The zero-order chi connectivity index (χ0) is 8.55. The van der Waals surface area contributed by atoms with Gasteiger partial charge in [-0.05, 0) is 37.3 Å². The van der Waals surface area contributed by atoms with Gasteiger partial charge in [-0.15, -0.1) is 11.6 Å². The molecule has 1 aromatic rings. The summed E-state index contributed by atoms with van der Waals surface area (Å²) in [6, 6.07) is 2.22. The molecule has 1 nitrogen and oxygen atoms in total. The van der Waals surface area contributed by atoms with E-state index in [0.717, 1.165) is 12.1 Å². The molecule has 2 rings (SSSR count). The fourth-order valence-electron chi connectivity index (χ4n) is 1.76. The molecule has 0 amide bonds. The molecule has 64 valence electrons. The van der Waals surface area contributed by atoms with Gasteiger partial charge < -0.3 is 0 Å². The van der Waals surface area contributed by atoms with E-state index in [1.54, 1.807) is 0 Å². The molecule has 0 unspecified atom stereocenters. The highest BCUT2D eigenvalue weighted by Gasteiger charge is 2.13. The van der Waals surface area contributed by atoms with Crippen LogP contribution in [0.2, 0.25) is 0 Å². The minimum absolute atomic E-state index is 0.589. The van der Waals surface area contributed by atoms with Gasteiger partial charge in [-0.3, -0.25) is 4.98 Å². The lowest BCUT2D eigenvalue weighted by atomic mass is 10.1. The number of fused-ring (bicyclic) bond motifs is 1. The third kappa shape index (κ3) is 1.22. The second-order valence-electron chi connectivity index (χ2n) is 3.33. The zero-order valence-electron chi connectivity index (χ0n) is 7.23. The van der Waals surface area contributed by atoms with Crippen molar-refractivity contribution in [3.05, 3.63) is 28.6 Å². The second kappa shape index (κ2) is 3.06. The number of alkyl halides is 1. The summed E-state index contributed by atoms with van der Waals surface area (Å²) in [7, 11) is 0. The Bertz CT molecular complexity index is 306. The maximum atomic E-state index is 5.79. The number of aromatic nitrogens is 1. The predicted molar refractivity (Wildman–Crippen MR) is 50.6 cm³/mol. The topological polar surface area (TPSA) is 12.9 Å². The van der Waals surface area contributed by atoms with Gasteiger partial charge in [-0.1, -0.05) is 6.07 Å². The molecule has 0 bridgehead atoms. The van der Waals surface area contributed by atoms with Gasteiger partial charge in [0, 0.05) is 17.3 Å². The Morgan fingerprint density at radius 3 is 3.08 bits per heavy atom. The van der Waals surface area contributed by atoms with Crippen LogP contribution in [0.3, 0.4) is 0 Å². The summed E-state index contributed by atoms with van der Waals surface area (Å²) in [6.07, 6.45) is 3.60. The highest BCUT2D eigenvalue weighted by atomic mass is 35.5. The summed E-state index contributed by atoms with van der Waals surface area (Å²) < 4.78 is 0. The van der Waals surface area contributed by atoms with Crippen LogP contribution in [-0.2, 0) is 18.7 Å². The number of rotatable bonds is 1. The standard InChI is InChI=1S/C10H12ClN/c1-7-9(6-11)5-8-3-2-4-10(8)12-7/h5H,2-4,6H2,1H3. The van der Waals surface area contributed by atoms with Gasteiger partial charge in [0.05, 0.1) is 0 Å². The van der Waals surface area contributed by atoms with Crippen molar-refractivity contribution in [2.45, 2.75) is 32.1 Å². The van der Waals surface area contributed by atoms with E-state index in [-0.39, 0.29) is 0 Å². The average Bonchev–Trinajstić information content (AvgIpc) is 2.49. The first-order valence-corrected chi connectivity index (χ1v) is 4.89. The minimum Gasteiger partial charge on any atom is -0.258 e. The van der Waals surface area contributed by atoms with E-state index in [1.807, 2.05) is 6.92 Å². The molecule has 1 aliphatic rings. The molecule has 0 aromatic carbocycles. The Morgan fingerprint density at radius 2 is 2.33 bits per heavy atom. The Morgan fingerprint density at radius 1 is 1.50 bits per heavy atom. The van der Waals surface area contributed by atoms with E-state index >= 15 is 0 Å². The van der Waals surface area contributed by atoms with Crippen LogP contribution < -0.4 is 0 Å². The highest BCUT2D eigenvalue weighted by Crippen LogP contribution is 2.23. The number of pyridine rings is 1. The van der Waals surface area contributed by atoms with Crippen LogP contribution in [0.25, 0.3) is 0 Å². The Hall–Kier alpha value is -0.560. The van der Waals surface area contributed by atoms with Crippen LogP contribution in [0.4, 0.5) is 0 Å². The molecule has 2 heteroatoms. The summed E-state index contributed by atoms with van der Waals surface area (Å²) in [5, 5.41) is 0. The van der Waals surface area contributed by atoms with Gasteiger partial charge in [0.25, 0.3) is 0 Å². The van der Waals surface area contributed by atoms with Gasteiger partial charge in [0.15, 0.2) is 0 Å². The number of nitrogens with zero attached hydrogens (tertiary/aromatic N) is 1. The highest BCUT2D eigenvalue weighted by molar-refractivity contribution is 6.17. The number of halogens is 1. The maximum Gasteiger partial charge on any atom is 0.0492 e. The molecule has 0 aliphatic heterocycles. The van der Waals surface area contributed by atoms with Crippen molar-refractivity contribution in [2.24, 2.45) is 0 Å². The van der Waals surface area contributed by atoms with Crippen LogP contribution in [0, 0.1) is 6.92 Å². The third-order valence-electron chi connectivity index (χ3n) is 2.49. The molecule has 1 aliphatic carbocycles. The molecule has 1 heterocycles. The fraction of sp³-hybridized carbons (Fsp3) is 0.500. The van der Waals surface area contributed by atoms with Crippen LogP contribution in [-0.4, -0.2) is 4.98 Å². The molecule has 0 atom stereocenters. The number of hydrogen-bond acceptors (Lipinski definition) is 1. The summed E-state index contributed by atoms with van der Waals surface area (Å²) in [6.45, 7) is 2.04. The first-order chi connectivity index (χ1) is 5.81. The van der Waals surface area contributed by atoms with E-state index in [1.165, 1.54) is 29.7 Å². The predicted octanol–water partition coefficient (Wildman–Crippen LogP) is 2.62. The largest absolute Gasteiger partial charge is 0.258 e. The van der Waals surface area contributed by atoms with Crippen molar-refractivity contribution in [1.29, 1.82) is 0 Å². The van der Waals surface area contributed by atoms with Crippen LogP contribution in [0.1, 0.15) is 28.9 Å². The molecular formula is C10H12ClN. The maximum absolute atomic E-state index is 5.79. The minimum atomic E-state index is 0.589. The lowest BCUT2D eigenvalue weighted by Crippen LogP contribution is -1.96. The smallest absolute Gasteiger partial charge is 0.0492 e. The quantitative estimate of drug-likeness (QED) is 0.607. The third-order valence-corrected chi connectivity index (χ3v) is 2.78. The van der Waals surface area contributed by atoms with Crippen molar-refractivity contribution >= 4 is 11.6 Å². The van der Waals surface area contributed by atoms with Crippen molar-refractivity contribution in [3.63, 3.8) is 0 Å². The Balaban J connectivity index is 2.49. The Kier molecular flexibility index (Phi) is 2.05. The van der Waals surface area contributed by atoms with Crippen LogP contribution in [0.5, 0.6) is 0 Å². The van der Waals surface area contributed by atoms with E-state index in [0.29, 0.717) is 5.88 Å². The average molecular weight is 182 g/mol. The fourth-order valence-corrected chi connectivity index (χ4v) is 2.03. The van der Waals surface area contributed by atoms with Crippen molar-refractivity contribution < 1.29 is 0 Å². The zero-order valence-corrected chi connectivity index (χ0v) is 7.99. The number of aryl methyl sites for hydroxylation is 3. The monoisotopic (exact) mass is 181 g/mol. The van der Waals surface area contributed by atoms with Crippen LogP contribution >= 0.6 is 11.6 Å². The molecule has 0 spiro atoms. The van der Waals surface area contributed by atoms with Crippen molar-refractivity contribution in [2.75, 3.05) is 0 Å². The van der Waals surface area contributed by atoms with Gasteiger partial charge in [0.1, 0.15) is 0 Å². The SMILES string of the molecule is Cc1nc2c(cc1CCl)CCC2. The second-order valence-corrected chi connectivity index (χ2v) is 3.59. The van der Waals surface area contributed by atoms with Gasteiger partial charge in [-0.2, -0.15) is 0 Å². The molecule has 0 saturated heterocycles. The Labute approximate surface area is 77.8 Å². The molecule has 0 N–H and O–H groups in total. The summed E-state index contributed by atoms with van der Waals surface area (Å²) in [5.74, 6) is 0.589. The lowest BCUT2D eigenvalue weighted by Gasteiger charge is -2.04. The molecule has 0 saturated carbocycles. The van der Waals surface area contributed by atoms with Gasteiger partial charge in [0.2, 0.25) is 0 Å². The van der Waals surface area contributed by atoms with Crippen molar-refractivity contribution in [3.8, 4) is 0 Å². The molecule has 12 heavy (non-hydrogen) atoms. The van der Waals surface area contributed by atoms with Gasteiger partial charge >= 0.3 is 0 Å². The normalized spacial score (nSPS) is 14.8. The first-order valence-electron chi connectivity index (χ1n) is 4.35. The molecule has 0 fully saturated rings. The van der Waals surface area contributed by atoms with E-state index in [9.17, 15) is 0 Å². The summed E-state index contributed by atoms with van der Waals surface area (Å²) in [4.78, 5) is 4.54. The summed E-state index contributed by atoms with van der Waals surface area (Å²) in [5.41, 5.74) is 5.00. The lowest BCUT2D eigenvalue weighted by molar-refractivity contribution is 0.896. The first kappa shape index (κ1) is 8.06.